The summed E-state index contributed by atoms with van der Waals surface area (Å²) in [4.78, 5) is 0. The zero-order chi connectivity index (χ0) is 20.6. The number of ether oxygens (including phenoxy) is 2. The fraction of sp³-hybridized carbons (Fsp3) is 0.667. The van der Waals surface area contributed by atoms with E-state index in [4.69, 9.17) is 9.47 Å². The summed E-state index contributed by atoms with van der Waals surface area (Å²) in [7, 11) is 0. The summed E-state index contributed by atoms with van der Waals surface area (Å²) in [5.74, 6) is -0.656. The van der Waals surface area contributed by atoms with Crippen LogP contribution in [0.1, 0.15) is 52.7 Å². The van der Waals surface area contributed by atoms with Gasteiger partial charge in [-0.3, -0.25) is 0 Å². The molecule has 0 bridgehead atoms. The molecule has 0 aliphatic rings. The van der Waals surface area contributed by atoms with E-state index in [0.29, 0.717) is 11.1 Å². The van der Waals surface area contributed by atoms with Crippen molar-refractivity contribution in [3.05, 3.63) is 23.3 Å². The Kier molecular flexibility index (Phi) is 6.21. The quantitative estimate of drug-likeness (QED) is 0.577. The van der Waals surface area contributed by atoms with Crippen molar-refractivity contribution in [2.75, 3.05) is 13.2 Å². The minimum atomic E-state index is -4.63. The minimum absolute atomic E-state index is 0.313. The lowest BCUT2D eigenvalue weighted by Gasteiger charge is -2.29. The van der Waals surface area contributed by atoms with Gasteiger partial charge in [-0.2, -0.15) is 26.3 Å². The average molecular weight is 386 g/mol. The number of benzene rings is 1. The van der Waals surface area contributed by atoms with Crippen LogP contribution in [0.4, 0.5) is 26.3 Å². The van der Waals surface area contributed by atoms with Crippen molar-refractivity contribution in [2.24, 2.45) is 0 Å². The van der Waals surface area contributed by atoms with Crippen molar-refractivity contribution >= 4 is 0 Å². The van der Waals surface area contributed by atoms with Crippen molar-refractivity contribution in [2.45, 2.75) is 64.7 Å². The summed E-state index contributed by atoms with van der Waals surface area (Å²) in [6, 6.07) is 2.97. The standard InChI is InChI=1S/C18H24F6O2/c1-15(2,3)11-7-12(16(4,5)6)14(26-10-18(22,23)24)13(8-11)25-9-17(19,20)21/h7-8H,9-10H2,1-6H3. The number of hydrogen-bond donors (Lipinski definition) is 0. The van der Waals surface area contributed by atoms with E-state index >= 15 is 0 Å². The highest BCUT2D eigenvalue weighted by Crippen LogP contribution is 2.43. The van der Waals surface area contributed by atoms with Crippen LogP contribution >= 0.6 is 0 Å². The van der Waals surface area contributed by atoms with Crippen LogP contribution in [0.15, 0.2) is 12.1 Å². The van der Waals surface area contributed by atoms with Crippen LogP contribution in [-0.2, 0) is 10.8 Å². The van der Waals surface area contributed by atoms with E-state index in [1.807, 2.05) is 20.8 Å². The normalized spacial score (nSPS) is 13.7. The molecule has 0 fully saturated rings. The summed E-state index contributed by atoms with van der Waals surface area (Å²) in [6.45, 7) is 7.52. The van der Waals surface area contributed by atoms with E-state index in [1.165, 1.54) is 6.07 Å². The van der Waals surface area contributed by atoms with Gasteiger partial charge in [0.25, 0.3) is 0 Å². The largest absolute Gasteiger partial charge is 0.480 e. The second-order valence-corrected chi connectivity index (χ2v) is 8.16. The Morgan fingerprint density at radius 3 is 1.54 bits per heavy atom. The van der Waals surface area contributed by atoms with Gasteiger partial charge in [0.05, 0.1) is 0 Å². The number of rotatable bonds is 4. The van der Waals surface area contributed by atoms with Crippen molar-refractivity contribution in [3.63, 3.8) is 0 Å². The van der Waals surface area contributed by atoms with Gasteiger partial charge >= 0.3 is 12.4 Å². The van der Waals surface area contributed by atoms with E-state index in [2.05, 4.69) is 0 Å². The molecule has 1 aromatic carbocycles. The van der Waals surface area contributed by atoms with Crippen molar-refractivity contribution in [1.82, 2.24) is 0 Å². The van der Waals surface area contributed by atoms with E-state index in [9.17, 15) is 26.3 Å². The molecular weight excluding hydrogens is 362 g/mol. The molecule has 0 saturated carbocycles. The fourth-order valence-corrected chi connectivity index (χ4v) is 2.16. The lowest BCUT2D eigenvalue weighted by Crippen LogP contribution is -2.25. The minimum Gasteiger partial charge on any atom is -0.480 e. The van der Waals surface area contributed by atoms with Gasteiger partial charge < -0.3 is 9.47 Å². The van der Waals surface area contributed by atoms with Crippen molar-refractivity contribution < 1.29 is 35.8 Å². The lowest BCUT2D eigenvalue weighted by atomic mass is 9.80. The predicted molar refractivity (Wildman–Crippen MR) is 86.9 cm³/mol. The first kappa shape index (κ1) is 22.4. The predicted octanol–water partition coefficient (Wildman–Crippen LogP) is 6.16. The summed E-state index contributed by atoms with van der Waals surface area (Å²) in [6.07, 6.45) is -9.25. The highest BCUT2D eigenvalue weighted by molar-refractivity contribution is 5.53. The molecular formula is C18H24F6O2. The van der Waals surface area contributed by atoms with Gasteiger partial charge in [-0.05, 0) is 22.5 Å². The third-order valence-electron chi connectivity index (χ3n) is 3.50. The first-order valence-electron chi connectivity index (χ1n) is 7.98. The summed E-state index contributed by atoms with van der Waals surface area (Å²) in [5.41, 5.74) is -0.123. The monoisotopic (exact) mass is 386 g/mol. The van der Waals surface area contributed by atoms with Gasteiger partial charge in [0, 0.05) is 5.56 Å². The molecule has 0 aliphatic heterocycles. The van der Waals surface area contributed by atoms with Crippen LogP contribution in [0, 0.1) is 0 Å². The Morgan fingerprint density at radius 1 is 0.692 bits per heavy atom. The Morgan fingerprint density at radius 2 is 1.15 bits per heavy atom. The topological polar surface area (TPSA) is 18.5 Å². The van der Waals surface area contributed by atoms with Gasteiger partial charge in [-0.1, -0.05) is 47.6 Å². The van der Waals surface area contributed by atoms with E-state index < -0.39 is 36.4 Å². The molecule has 0 unspecified atom stereocenters. The molecule has 0 N–H and O–H groups in total. The Hall–Kier alpha value is -1.60. The highest BCUT2D eigenvalue weighted by atomic mass is 19.4. The van der Waals surface area contributed by atoms with Crippen molar-refractivity contribution in [1.29, 1.82) is 0 Å². The Labute approximate surface area is 149 Å². The highest BCUT2D eigenvalue weighted by Gasteiger charge is 2.34. The van der Waals surface area contributed by atoms with Crippen LogP contribution in [0.3, 0.4) is 0 Å². The zero-order valence-electron chi connectivity index (χ0n) is 15.7. The summed E-state index contributed by atoms with van der Waals surface area (Å²) >= 11 is 0. The molecule has 150 valence electrons. The van der Waals surface area contributed by atoms with E-state index in [-0.39, 0.29) is 11.5 Å². The first-order chi connectivity index (χ1) is 11.4. The molecule has 0 atom stereocenters. The SMILES string of the molecule is CC(C)(C)c1cc(OCC(F)(F)F)c(OCC(F)(F)F)c(C(C)(C)C)c1. The van der Waals surface area contributed by atoms with Crippen molar-refractivity contribution in [3.8, 4) is 11.5 Å². The van der Waals surface area contributed by atoms with Gasteiger partial charge in [0.1, 0.15) is 0 Å². The second-order valence-electron chi connectivity index (χ2n) is 8.16. The first-order valence-corrected chi connectivity index (χ1v) is 7.98. The van der Waals surface area contributed by atoms with E-state index in [0.717, 1.165) is 0 Å². The summed E-state index contributed by atoms with van der Waals surface area (Å²) < 4.78 is 85.2. The molecule has 0 heterocycles. The Bertz CT molecular complexity index is 619. The Balaban J connectivity index is 3.52. The van der Waals surface area contributed by atoms with Crippen LogP contribution in [-0.4, -0.2) is 25.6 Å². The molecule has 0 aliphatic carbocycles. The number of alkyl halides is 6. The molecule has 0 saturated heterocycles. The van der Waals surface area contributed by atoms with Crippen LogP contribution in [0.5, 0.6) is 11.5 Å². The van der Waals surface area contributed by atoms with Crippen LogP contribution in [0.25, 0.3) is 0 Å². The maximum atomic E-state index is 12.6. The molecule has 1 aromatic rings. The van der Waals surface area contributed by atoms with Gasteiger partial charge in [-0.25, -0.2) is 0 Å². The fourth-order valence-electron chi connectivity index (χ4n) is 2.16. The molecule has 0 spiro atoms. The molecule has 1 rings (SSSR count). The summed E-state index contributed by atoms with van der Waals surface area (Å²) in [5, 5.41) is 0. The molecule has 2 nitrogen and oxygen atoms in total. The molecule has 0 radical (unpaired) electrons. The molecule has 0 aromatic heterocycles. The second kappa shape index (κ2) is 7.19. The average Bonchev–Trinajstić information content (AvgIpc) is 2.38. The third kappa shape index (κ3) is 6.96. The van der Waals surface area contributed by atoms with Gasteiger partial charge in [0.15, 0.2) is 24.7 Å². The molecule has 26 heavy (non-hydrogen) atoms. The number of halogens is 6. The smallest absolute Gasteiger partial charge is 0.422 e. The molecule has 0 amide bonds. The van der Waals surface area contributed by atoms with Crippen LogP contribution in [0.2, 0.25) is 0 Å². The molecule has 8 heteroatoms. The third-order valence-corrected chi connectivity index (χ3v) is 3.50. The lowest BCUT2D eigenvalue weighted by molar-refractivity contribution is -0.158. The van der Waals surface area contributed by atoms with E-state index in [1.54, 1.807) is 26.8 Å². The van der Waals surface area contributed by atoms with Crippen LogP contribution < -0.4 is 9.47 Å². The zero-order valence-corrected chi connectivity index (χ0v) is 15.7. The number of hydrogen-bond acceptors (Lipinski definition) is 2. The van der Waals surface area contributed by atoms with Gasteiger partial charge in [0.2, 0.25) is 0 Å². The maximum Gasteiger partial charge on any atom is 0.422 e. The van der Waals surface area contributed by atoms with Gasteiger partial charge in [-0.15, -0.1) is 0 Å². The maximum absolute atomic E-state index is 12.6.